The molecule has 0 unspecified atom stereocenters. The lowest BCUT2D eigenvalue weighted by atomic mass is 9.47. The summed E-state index contributed by atoms with van der Waals surface area (Å²) in [5.41, 5.74) is 3.15. The van der Waals surface area contributed by atoms with Gasteiger partial charge in [-0.05, 0) is 127 Å². The highest BCUT2D eigenvalue weighted by Crippen LogP contribution is 2.67. The molecule has 0 radical (unpaired) electrons. The lowest BCUT2D eigenvalue weighted by molar-refractivity contribution is -0.145. The summed E-state index contributed by atoms with van der Waals surface area (Å²) in [4.78, 5) is 12.6. The molecule has 9 atom stereocenters. The molecule has 3 heteroatoms. The molecule has 0 bridgehead atoms. The van der Waals surface area contributed by atoms with Crippen LogP contribution in [0.15, 0.2) is 54.1 Å². The maximum atomic E-state index is 12.6. The molecular formula is C38H54O3. The first-order valence-electron chi connectivity index (χ1n) is 16.6. The van der Waals surface area contributed by atoms with Crippen LogP contribution in [-0.2, 0) is 9.53 Å². The van der Waals surface area contributed by atoms with Gasteiger partial charge in [0.25, 0.3) is 0 Å². The predicted molar refractivity (Wildman–Crippen MR) is 169 cm³/mol. The molecule has 0 heterocycles. The van der Waals surface area contributed by atoms with Gasteiger partial charge >= 0.3 is 5.97 Å². The Kier molecular flexibility index (Phi) is 8.93. The Labute approximate surface area is 249 Å². The molecule has 1 aromatic rings. The number of ether oxygens (including phenoxy) is 1. The summed E-state index contributed by atoms with van der Waals surface area (Å²) in [5.74, 6) is 5.24. The average molecular weight is 559 g/mol. The van der Waals surface area contributed by atoms with Crippen molar-refractivity contribution < 1.29 is 14.6 Å². The van der Waals surface area contributed by atoms with Gasteiger partial charge in [0.05, 0.1) is 0 Å². The second-order valence-corrected chi connectivity index (χ2v) is 14.8. The Bertz CT molecular complexity index is 1160. The van der Waals surface area contributed by atoms with Gasteiger partial charge < -0.3 is 9.84 Å². The van der Waals surface area contributed by atoms with E-state index < -0.39 is 0 Å². The van der Waals surface area contributed by atoms with Crippen LogP contribution >= 0.6 is 0 Å². The molecule has 1 N–H and O–H groups in total. The number of aromatic hydroxyl groups is 1. The van der Waals surface area contributed by atoms with Crippen LogP contribution in [0, 0.1) is 52.3 Å². The Morgan fingerprint density at radius 1 is 1.02 bits per heavy atom. The van der Waals surface area contributed by atoms with E-state index in [-0.39, 0.29) is 23.2 Å². The number of rotatable bonds is 8. The fourth-order valence-corrected chi connectivity index (χ4v) is 9.87. The van der Waals surface area contributed by atoms with E-state index in [1.807, 2.05) is 0 Å². The van der Waals surface area contributed by atoms with Crippen LogP contribution in [0.5, 0.6) is 5.75 Å². The molecule has 4 aliphatic carbocycles. The number of allylic oxidation sites excluding steroid dienone is 3. The van der Waals surface area contributed by atoms with E-state index in [9.17, 15) is 9.90 Å². The monoisotopic (exact) mass is 558 g/mol. The lowest BCUT2D eigenvalue weighted by Gasteiger charge is -2.58. The Morgan fingerprint density at radius 3 is 2.49 bits per heavy atom. The number of benzene rings is 1. The zero-order chi connectivity index (χ0) is 29.4. The molecule has 1 aromatic carbocycles. The van der Waals surface area contributed by atoms with Gasteiger partial charge in [-0.3, -0.25) is 0 Å². The Balaban J connectivity index is 1.23. The van der Waals surface area contributed by atoms with Crippen molar-refractivity contribution in [3.05, 3.63) is 59.7 Å². The summed E-state index contributed by atoms with van der Waals surface area (Å²) in [6.07, 6.45) is 21.9. The van der Waals surface area contributed by atoms with E-state index >= 15 is 0 Å². The Hall–Kier alpha value is -2.29. The van der Waals surface area contributed by atoms with Crippen LogP contribution in [0.3, 0.4) is 0 Å². The van der Waals surface area contributed by atoms with E-state index in [4.69, 9.17) is 4.74 Å². The molecule has 0 spiro atoms. The number of hydrogen-bond acceptors (Lipinski definition) is 3. The highest BCUT2D eigenvalue weighted by Gasteiger charge is 2.59. The molecule has 0 aliphatic heterocycles. The third kappa shape index (κ3) is 5.98. The Morgan fingerprint density at radius 2 is 1.78 bits per heavy atom. The molecular weight excluding hydrogens is 504 g/mol. The molecule has 4 aliphatic rings. The number of fused-ring (bicyclic) bond motifs is 5. The fraction of sp³-hybridized carbons (Fsp3) is 0.658. The quantitative estimate of drug-likeness (QED) is 0.196. The number of carbonyl (C=O) groups excluding carboxylic acids is 1. The van der Waals surface area contributed by atoms with Crippen LogP contribution in [0.4, 0.5) is 0 Å². The second-order valence-electron chi connectivity index (χ2n) is 14.8. The zero-order valence-corrected chi connectivity index (χ0v) is 26.4. The van der Waals surface area contributed by atoms with Crippen molar-refractivity contribution in [2.45, 2.75) is 105 Å². The number of esters is 1. The highest BCUT2D eigenvalue weighted by molar-refractivity contribution is 5.87. The molecule has 0 amide bonds. The second kappa shape index (κ2) is 12.1. The number of carbonyl (C=O) groups is 1. The summed E-state index contributed by atoms with van der Waals surface area (Å²) in [6.45, 7) is 14.7. The molecule has 0 saturated heterocycles. The number of phenols is 1. The minimum Gasteiger partial charge on any atom is -0.508 e. The van der Waals surface area contributed by atoms with Crippen molar-refractivity contribution in [1.29, 1.82) is 0 Å². The first kappa shape index (κ1) is 30.2. The van der Waals surface area contributed by atoms with Gasteiger partial charge in [-0.25, -0.2) is 4.79 Å². The van der Waals surface area contributed by atoms with E-state index in [1.165, 1.54) is 44.6 Å². The topological polar surface area (TPSA) is 46.5 Å². The average Bonchev–Trinajstić information content (AvgIpc) is 3.30. The maximum Gasteiger partial charge on any atom is 0.331 e. The molecule has 3 fully saturated rings. The molecule has 224 valence electrons. The molecule has 3 nitrogen and oxygen atoms in total. The van der Waals surface area contributed by atoms with Gasteiger partial charge in [0.1, 0.15) is 11.9 Å². The van der Waals surface area contributed by atoms with Crippen molar-refractivity contribution >= 4 is 12.0 Å². The van der Waals surface area contributed by atoms with Crippen molar-refractivity contribution in [3.8, 4) is 5.75 Å². The third-order valence-electron chi connectivity index (χ3n) is 12.3. The van der Waals surface area contributed by atoms with Crippen molar-refractivity contribution in [3.63, 3.8) is 0 Å². The van der Waals surface area contributed by atoms with Gasteiger partial charge in [-0.2, -0.15) is 0 Å². The van der Waals surface area contributed by atoms with Crippen LogP contribution < -0.4 is 0 Å². The van der Waals surface area contributed by atoms with E-state index in [2.05, 4.69) is 59.8 Å². The minimum absolute atomic E-state index is 0.0296. The summed E-state index contributed by atoms with van der Waals surface area (Å²) in [6, 6.07) is 6.84. The number of phenolic OH excluding ortho intramolecular Hbond substituents is 1. The lowest BCUT2D eigenvalue weighted by Crippen LogP contribution is -2.51. The van der Waals surface area contributed by atoms with Crippen molar-refractivity contribution in [2.75, 3.05) is 0 Å². The smallest absolute Gasteiger partial charge is 0.331 e. The summed E-state index contributed by atoms with van der Waals surface area (Å²) >= 11 is 0. The van der Waals surface area contributed by atoms with Gasteiger partial charge in [-0.15, -0.1) is 0 Å². The van der Waals surface area contributed by atoms with Crippen LogP contribution in [0.2, 0.25) is 0 Å². The normalized spacial score (nSPS) is 36.5. The van der Waals surface area contributed by atoms with Crippen LogP contribution in [0.25, 0.3) is 6.08 Å². The molecule has 5 rings (SSSR count). The van der Waals surface area contributed by atoms with Crippen LogP contribution in [-0.4, -0.2) is 17.2 Å². The molecule has 41 heavy (non-hydrogen) atoms. The first-order valence-corrected chi connectivity index (χ1v) is 16.6. The summed E-state index contributed by atoms with van der Waals surface area (Å²) < 4.78 is 5.93. The fourth-order valence-electron chi connectivity index (χ4n) is 9.87. The van der Waals surface area contributed by atoms with Crippen molar-refractivity contribution in [1.82, 2.24) is 0 Å². The van der Waals surface area contributed by atoms with Gasteiger partial charge in [0.2, 0.25) is 0 Å². The summed E-state index contributed by atoms with van der Waals surface area (Å²) in [5, 5.41) is 9.46. The van der Waals surface area contributed by atoms with Gasteiger partial charge in [0, 0.05) is 12.5 Å². The van der Waals surface area contributed by atoms with E-state index in [0.717, 1.165) is 54.4 Å². The van der Waals surface area contributed by atoms with Crippen molar-refractivity contribution in [2.24, 2.45) is 52.3 Å². The van der Waals surface area contributed by atoms with E-state index in [1.54, 1.807) is 35.9 Å². The van der Waals surface area contributed by atoms with Crippen LogP contribution in [0.1, 0.15) is 105 Å². The maximum absolute atomic E-state index is 12.6. The predicted octanol–water partition coefficient (Wildman–Crippen LogP) is 9.77. The highest BCUT2D eigenvalue weighted by atomic mass is 16.5. The van der Waals surface area contributed by atoms with Gasteiger partial charge in [-0.1, -0.05) is 77.5 Å². The van der Waals surface area contributed by atoms with E-state index in [0.29, 0.717) is 17.3 Å². The summed E-state index contributed by atoms with van der Waals surface area (Å²) in [7, 11) is 0. The standard InChI is InChI=1S/C38H54O3/c1-7-28(25(2)3)12-8-26(4)33-17-18-34-32-16-13-29-24-31(20-22-37(29,5)35(32)21-23-38(33,34)6)41-36(40)19-11-27-9-14-30(39)15-10-27/h8-15,19,25-26,28,31-35,39H,7,16-18,20-24H2,1-6H3/t26-,28-,31+,32+,33-,34+,35+,37+,38-/m1/s1. The molecule has 0 aromatic heterocycles. The third-order valence-corrected chi connectivity index (χ3v) is 12.3. The minimum atomic E-state index is -0.270. The van der Waals surface area contributed by atoms with Gasteiger partial charge in [0.15, 0.2) is 0 Å². The molecule has 3 saturated carbocycles. The SMILES string of the molecule is CC[C@H](C=C[C@@H](C)[C@H]1CC[C@H]2[C@@H]3CC=C4C[C@@H](OC(=O)C=Cc5ccc(O)cc5)CC[C@]4(C)[C@H]3CC[C@]12C)C(C)C. The number of hydrogen-bond donors (Lipinski definition) is 1. The zero-order valence-electron chi connectivity index (χ0n) is 26.4. The first-order chi connectivity index (χ1) is 19.5. The largest absolute Gasteiger partial charge is 0.508 e.